The number of carboxylic acids is 1. The largest absolute Gasteiger partial charge is 0.478 e. The number of ether oxygens (including phenoxy) is 2. The molecule has 138 valence electrons. The highest BCUT2D eigenvalue weighted by molar-refractivity contribution is 5.89. The number of carboxylic acid groups (broad SMARTS) is 1. The van der Waals surface area contributed by atoms with Gasteiger partial charge in [0.1, 0.15) is 0 Å². The Balaban J connectivity index is 1.73. The number of amides is 1. The second kappa shape index (κ2) is 10.2. The van der Waals surface area contributed by atoms with Crippen molar-refractivity contribution in [1.29, 1.82) is 0 Å². The predicted molar refractivity (Wildman–Crippen MR) is 93.8 cm³/mol. The first kappa shape index (κ1) is 19.4. The molecule has 0 unspecified atom stereocenters. The highest BCUT2D eigenvalue weighted by Crippen LogP contribution is 2.17. The minimum absolute atomic E-state index is 0.0815. The summed E-state index contributed by atoms with van der Waals surface area (Å²) in [5.74, 6) is -0.868. The molecule has 0 aliphatic carbocycles. The van der Waals surface area contributed by atoms with E-state index < -0.39 is 5.97 Å². The number of hydrogen-bond donors (Lipinski definition) is 1. The smallest absolute Gasteiger partial charge is 0.335 e. The van der Waals surface area contributed by atoms with E-state index >= 15 is 0 Å². The van der Waals surface area contributed by atoms with Crippen LogP contribution in [-0.4, -0.2) is 61.4 Å². The van der Waals surface area contributed by atoms with Crippen LogP contribution in [0.1, 0.15) is 41.6 Å². The van der Waals surface area contributed by atoms with Gasteiger partial charge < -0.3 is 19.5 Å². The van der Waals surface area contributed by atoms with Gasteiger partial charge in [-0.15, -0.1) is 0 Å². The van der Waals surface area contributed by atoms with Crippen LogP contribution in [0.5, 0.6) is 0 Å². The molecule has 1 aromatic carbocycles. The Morgan fingerprint density at radius 2 is 1.92 bits per heavy atom. The molecule has 0 aromatic heterocycles. The van der Waals surface area contributed by atoms with Crippen LogP contribution >= 0.6 is 0 Å². The van der Waals surface area contributed by atoms with Gasteiger partial charge in [-0.3, -0.25) is 4.79 Å². The van der Waals surface area contributed by atoms with Crippen molar-refractivity contribution in [3.63, 3.8) is 0 Å². The lowest BCUT2D eigenvalue weighted by Crippen LogP contribution is -2.41. The zero-order valence-electron chi connectivity index (χ0n) is 14.8. The van der Waals surface area contributed by atoms with Crippen LogP contribution < -0.4 is 0 Å². The molecular formula is C19H27NO5. The van der Waals surface area contributed by atoms with Gasteiger partial charge in [0, 0.05) is 39.8 Å². The van der Waals surface area contributed by atoms with E-state index in [0.29, 0.717) is 44.7 Å². The molecule has 0 spiro atoms. The Morgan fingerprint density at radius 1 is 1.20 bits per heavy atom. The summed E-state index contributed by atoms with van der Waals surface area (Å²) in [6.45, 7) is 2.80. The average molecular weight is 349 g/mol. The van der Waals surface area contributed by atoms with Crippen LogP contribution in [0.25, 0.3) is 0 Å². The fraction of sp³-hybridized carbons (Fsp3) is 0.579. The number of rotatable bonds is 9. The van der Waals surface area contributed by atoms with Gasteiger partial charge in [0.05, 0.1) is 11.7 Å². The van der Waals surface area contributed by atoms with Crippen molar-refractivity contribution in [2.75, 3.05) is 33.4 Å². The monoisotopic (exact) mass is 349 g/mol. The average Bonchev–Trinajstić information content (AvgIpc) is 2.64. The number of aryl methyl sites for hydroxylation is 1. The van der Waals surface area contributed by atoms with Gasteiger partial charge in [-0.25, -0.2) is 4.79 Å². The van der Waals surface area contributed by atoms with Gasteiger partial charge in [-0.1, -0.05) is 18.2 Å². The van der Waals surface area contributed by atoms with Crippen LogP contribution in [0.3, 0.4) is 0 Å². The maximum Gasteiger partial charge on any atom is 0.335 e. The third kappa shape index (κ3) is 6.14. The van der Waals surface area contributed by atoms with E-state index in [-0.39, 0.29) is 17.6 Å². The summed E-state index contributed by atoms with van der Waals surface area (Å²) in [6.07, 6.45) is 3.60. The highest BCUT2D eigenvalue weighted by Gasteiger charge is 2.23. The molecule has 1 heterocycles. The first-order valence-electron chi connectivity index (χ1n) is 8.81. The molecule has 1 aliphatic rings. The molecule has 0 atom stereocenters. The molecule has 1 N–H and O–H groups in total. The zero-order chi connectivity index (χ0) is 18.1. The van der Waals surface area contributed by atoms with E-state index in [1.807, 2.05) is 4.90 Å². The number of benzene rings is 1. The lowest BCUT2D eigenvalue weighted by Gasteiger charge is -2.32. The topological polar surface area (TPSA) is 76.1 Å². The fourth-order valence-electron chi connectivity index (χ4n) is 3.07. The number of piperidine rings is 1. The second-order valence-corrected chi connectivity index (χ2v) is 6.26. The maximum absolute atomic E-state index is 12.4. The molecular weight excluding hydrogens is 322 g/mol. The first-order chi connectivity index (χ1) is 12.1. The number of likely N-dealkylation sites (tertiary alicyclic amines) is 1. The summed E-state index contributed by atoms with van der Waals surface area (Å²) in [5.41, 5.74) is 0.984. The van der Waals surface area contributed by atoms with E-state index in [1.54, 1.807) is 31.4 Å². The third-order valence-electron chi connectivity index (χ3n) is 4.50. The number of aromatic carboxylic acids is 1. The first-order valence-corrected chi connectivity index (χ1v) is 8.81. The SMILES string of the molecule is COCCCOC1CCN(C(=O)CCc2ccccc2C(=O)O)CC1. The summed E-state index contributed by atoms with van der Waals surface area (Å²) in [7, 11) is 1.68. The molecule has 6 heteroatoms. The summed E-state index contributed by atoms with van der Waals surface area (Å²) < 4.78 is 10.8. The quantitative estimate of drug-likeness (QED) is 0.693. The Hall–Kier alpha value is -1.92. The van der Waals surface area contributed by atoms with Crippen LogP contribution in [0.2, 0.25) is 0 Å². The molecule has 0 radical (unpaired) electrons. The van der Waals surface area contributed by atoms with Gasteiger partial charge in [-0.2, -0.15) is 0 Å². The molecule has 1 aromatic rings. The molecule has 6 nitrogen and oxygen atoms in total. The normalized spacial score (nSPS) is 15.3. The summed E-state index contributed by atoms with van der Waals surface area (Å²) >= 11 is 0. The fourth-order valence-corrected chi connectivity index (χ4v) is 3.07. The minimum Gasteiger partial charge on any atom is -0.478 e. The molecule has 2 rings (SSSR count). The third-order valence-corrected chi connectivity index (χ3v) is 4.50. The van der Waals surface area contributed by atoms with Gasteiger partial charge in [0.25, 0.3) is 0 Å². The van der Waals surface area contributed by atoms with Gasteiger partial charge >= 0.3 is 5.97 Å². The molecule has 0 saturated carbocycles. The molecule has 1 fully saturated rings. The van der Waals surface area contributed by atoms with Crippen molar-refractivity contribution in [2.24, 2.45) is 0 Å². The summed E-state index contributed by atoms with van der Waals surface area (Å²) in [4.78, 5) is 25.5. The predicted octanol–water partition coefficient (Wildman–Crippen LogP) is 2.36. The molecule has 0 bridgehead atoms. The maximum atomic E-state index is 12.4. The Labute approximate surface area is 148 Å². The molecule has 1 aliphatic heterocycles. The molecule has 25 heavy (non-hydrogen) atoms. The van der Waals surface area contributed by atoms with Crippen molar-refractivity contribution in [3.8, 4) is 0 Å². The van der Waals surface area contributed by atoms with Crippen LogP contribution in [0.15, 0.2) is 24.3 Å². The molecule has 1 saturated heterocycles. The van der Waals surface area contributed by atoms with Gasteiger partial charge in [0.15, 0.2) is 0 Å². The van der Waals surface area contributed by atoms with Crippen LogP contribution in [0.4, 0.5) is 0 Å². The Kier molecular flexibility index (Phi) is 7.88. The second-order valence-electron chi connectivity index (χ2n) is 6.26. The number of carbonyl (C=O) groups excluding carboxylic acids is 1. The number of nitrogens with zero attached hydrogens (tertiary/aromatic N) is 1. The lowest BCUT2D eigenvalue weighted by molar-refractivity contribution is -0.133. The van der Waals surface area contributed by atoms with Crippen molar-refractivity contribution in [2.45, 2.75) is 38.2 Å². The van der Waals surface area contributed by atoms with E-state index in [1.165, 1.54) is 0 Å². The summed E-state index contributed by atoms with van der Waals surface area (Å²) in [5, 5.41) is 9.20. The Morgan fingerprint density at radius 3 is 2.60 bits per heavy atom. The van der Waals surface area contributed by atoms with Crippen LogP contribution in [-0.2, 0) is 20.7 Å². The zero-order valence-corrected chi connectivity index (χ0v) is 14.8. The van der Waals surface area contributed by atoms with Crippen molar-refractivity contribution in [1.82, 2.24) is 4.90 Å². The van der Waals surface area contributed by atoms with E-state index in [4.69, 9.17) is 9.47 Å². The van der Waals surface area contributed by atoms with E-state index in [0.717, 1.165) is 19.3 Å². The molecule has 1 amide bonds. The van der Waals surface area contributed by atoms with Crippen LogP contribution in [0, 0.1) is 0 Å². The lowest BCUT2D eigenvalue weighted by atomic mass is 10.0. The number of methoxy groups -OCH3 is 1. The van der Waals surface area contributed by atoms with Crippen molar-refractivity contribution < 1.29 is 24.2 Å². The van der Waals surface area contributed by atoms with Crippen molar-refractivity contribution in [3.05, 3.63) is 35.4 Å². The Bertz CT molecular complexity index is 567. The summed E-state index contributed by atoms with van der Waals surface area (Å²) in [6, 6.07) is 6.86. The van der Waals surface area contributed by atoms with Crippen molar-refractivity contribution >= 4 is 11.9 Å². The minimum atomic E-state index is -0.950. The highest BCUT2D eigenvalue weighted by atomic mass is 16.5. The van der Waals surface area contributed by atoms with Gasteiger partial charge in [-0.05, 0) is 37.3 Å². The number of carbonyl (C=O) groups is 2. The standard InChI is InChI=1S/C19H27NO5/c1-24-13-4-14-25-16-9-11-20(12-10-16)18(21)8-7-15-5-2-3-6-17(15)19(22)23/h2-3,5-6,16H,4,7-14H2,1H3,(H,22,23). The van der Waals surface area contributed by atoms with Gasteiger partial charge in [0.2, 0.25) is 5.91 Å². The van der Waals surface area contributed by atoms with E-state index in [9.17, 15) is 14.7 Å². The van der Waals surface area contributed by atoms with E-state index in [2.05, 4.69) is 0 Å². The number of hydrogen-bond acceptors (Lipinski definition) is 4.